The molecule has 10 nitrogen and oxygen atoms in total. The number of nitrogens with zero attached hydrogens (tertiary/aromatic N) is 4. The molecule has 11 heteroatoms. The molecule has 1 saturated heterocycles. The van der Waals surface area contributed by atoms with Crippen LogP contribution in [0.1, 0.15) is 32.8 Å². The Morgan fingerprint density at radius 3 is 2.48 bits per heavy atom. The van der Waals surface area contributed by atoms with E-state index in [-0.39, 0.29) is 29.3 Å². The summed E-state index contributed by atoms with van der Waals surface area (Å²) in [5.41, 5.74) is 0.0148. The van der Waals surface area contributed by atoms with Crippen molar-refractivity contribution in [2.45, 2.75) is 37.7 Å². The summed E-state index contributed by atoms with van der Waals surface area (Å²) >= 11 is 0. The number of rotatable bonds is 6. The van der Waals surface area contributed by atoms with Gasteiger partial charge in [0.05, 0.1) is 6.54 Å². The van der Waals surface area contributed by atoms with Gasteiger partial charge in [0.15, 0.2) is 5.84 Å². The lowest BCUT2D eigenvalue weighted by atomic mass is 10.2. The number of piperazine rings is 1. The smallest absolute Gasteiger partial charge is 0.410 e. The third kappa shape index (κ3) is 6.67. The van der Waals surface area contributed by atoms with Crippen molar-refractivity contribution in [2.75, 3.05) is 52.9 Å². The van der Waals surface area contributed by atoms with Crippen molar-refractivity contribution < 1.29 is 22.7 Å². The van der Waals surface area contributed by atoms with Crippen LogP contribution in [0.4, 0.5) is 4.79 Å². The molecule has 2 amide bonds. The number of ether oxygens (including phenoxy) is 1. The third-order valence-corrected chi connectivity index (χ3v) is 6.68. The van der Waals surface area contributed by atoms with Gasteiger partial charge in [-0.05, 0) is 45.9 Å². The molecule has 0 aliphatic carbocycles. The number of carbonyl (C=O) groups is 2. The van der Waals surface area contributed by atoms with E-state index in [4.69, 9.17) is 4.74 Å². The van der Waals surface area contributed by atoms with Crippen molar-refractivity contribution in [2.24, 2.45) is 4.40 Å². The van der Waals surface area contributed by atoms with E-state index in [2.05, 4.69) is 14.6 Å². The largest absolute Gasteiger partial charge is 0.444 e. The summed E-state index contributed by atoms with van der Waals surface area (Å²) in [6.07, 6.45) is 0.501. The maximum Gasteiger partial charge on any atom is 0.410 e. The Bertz CT molecular complexity index is 1010. The number of hydrogen-bond acceptors (Lipinski definition) is 7. The standard InChI is InChI=1S/C22H33N5O5S/c1-22(2,3)32-21(29)27-14-12-26(13-15-27)11-7-10-23-19(28)16-25(4)20-17-8-5-6-9-18(17)33(30,31)24-20/h5-6,8-9H,7,10-16H2,1-4H3,(H,23,28). The number of sulfonamides is 1. The Kier molecular flexibility index (Phi) is 7.63. The van der Waals surface area contributed by atoms with E-state index >= 15 is 0 Å². The molecule has 0 saturated carbocycles. The lowest BCUT2D eigenvalue weighted by molar-refractivity contribution is -0.121. The molecule has 0 bridgehead atoms. The zero-order chi connectivity index (χ0) is 24.2. The van der Waals surface area contributed by atoms with Crippen molar-refractivity contribution >= 4 is 27.9 Å². The normalized spacial score (nSPS) is 17.8. The van der Waals surface area contributed by atoms with Gasteiger partial charge in [-0.25, -0.2) is 4.79 Å². The lowest BCUT2D eigenvalue weighted by Crippen LogP contribution is -2.50. The highest BCUT2D eigenvalue weighted by molar-refractivity contribution is 7.90. The van der Waals surface area contributed by atoms with Crippen molar-refractivity contribution in [3.63, 3.8) is 0 Å². The average Bonchev–Trinajstić information content (AvgIpc) is 3.02. The molecule has 182 valence electrons. The van der Waals surface area contributed by atoms with E-state index in [1.807, 2.05) is 20.8 Å². The van der Waals surface area contributed by atoms with Gasteiger partial charge in [0.2, 0.25) is 5.91 Å². The summed E-state index contributed by atoms with van der Waals surface area (Å²) < 4.78 is 33.6. The van der Waals surface area contributed by atoms with Crippen LogP contribution in [0.15, 0.2) is 33.6 Å². The minimum Gasteiger partial charge on any atom is -0.444 e. The van der Waals surface area contributed by atoms with Crippen LogP contribution in [0.25, 0.3) is 0 Å². The second-order valence-corrected chi connectivity index (χ2v) is 10.8. The minimum atomic E-state index is -3.71. The van der Waals surface area contributed by atoms with E-state index in [1.54, 1.807) is 35.0 Å². The molecule has 1 aromatic carbocycles. The molecule has 0 radical (unpaired) electrons. The molecular weight excluding hydrogens is 446 g/mol. The van der Waals surface area contributed by atoms with E-state index in [0.29, 0.717) is 25.2 Å². The molecule has 1 fully saturated rings. The highest BCUT2D eigenvalue weighted by Crippen LogP contribution is 2.26. The summed E-state index contributed by atoms with van der Waals surface area (Å²) in [4.78, 5) is 30.2. The summed E-state index contributed by atoms with van der Waals surface area (Å²) in [5.74, 6) is 0.0836. The molecule has 2 aliphatic rings. The number of fused-ring (bicyclic) bond motifs is 1. The molecule has 1 N–H and O–H groups in total. The molecular formula is C22H33N5O5S. The summed E-state index contributed by atoms with van der Waals surface area (Å²) in [5, 5.41) is 2.88. The van der Waals surface area contributed by atoms with Crippen LogP contribution < -0.4 is 5.32 Å². The third-order valence-electron chi connectivity index (χ3n) is 5.35. The van der Waals surface area contributed by atoms with E-state index in [0.717, 1.165) is 26.1 Å². The zero-order valence-corrected chi connectivity index (χ0v) is 20.5. The first-order valence-corrected chi connectivity index (χ1v) is 12.5. The summed E-state index contributed by atoms with van der Waals surface area (Å²) in [7, 11) is -2.06. The van der Waals surface area contributed by atoms with Gasteiger partial charge in [-0.15, -0.1) is 4.40 Å². The second kappa shape index (κ2) is 10.1. The predicted molar refractivity (Wildman–Crippen MR) is 125 cm³/mol. The van der Waals surface area contributed by atoms with Crippen LogP contribution >= 0.6 is 0 Å². The number of hydrogen-bond donors (Lipinski definition) is 1. The summed E-state index contributed by atoms with van der Waals surface area (Å²) in [6.45, 7) is 9.69. The fourth-order valence-corrected chi connectivity index (χ4v) is 4.97. The fraction of sp³-hybridized carbons (Fsp3) is 0.591. The molecule has 2 heterocycles. The molecule has 0 aromatic heterocycles. The van der Waals surface area contributed by atoms with Gasteiger partial charge >= 0.3 is 6.09 Å². The predicted octanol–water partition coefficient (Wildman–Crippen LogP) is 1.13. The second-order valence-electron chi connectivity index (χ2n) is 9.25. The molecule has 1 aromatic rings. The van der Waals surface area contributed by atoms with E-state index < -0.39 is 15.6 Å². The first-order valence-electron chi connectivity index (χ1n) is 11.1. The van der Waals surface area contributed by atoms with Crippen molar-refractivity contribution in [3.05, 3.63) is 29.8 Å². The Labute approximate surface area is 195 Å². The highest BCUT2D eigenvalue weighted by Gasteiger charge is 2.31. The molecule has 0 unspecified atom stereocenters. The van der Waals surface area contributed by atoms with Crippen molar-refractivity contribution in [3.8, 4) is 0 Å². The van der Waals surface area contributed by atoms with Gasteiger partial charge in [-0.2, -0.15) is 8.42 Å². The van der Waals surface area contributed by atoms with Crippen LogP contribution in [0.5, 0.6) is 0 Å². The highest BCUT2D eigenvalue weighted by atomic mass is 32.2. The number of likely N-dealkylation sites (N-methyl/N-ethyl adjacent to an activating group) is 1. The Morgan fingerprint density at radius 2 is 1.82 bits per heavy atom. The molecule has 3 rings (SSSR count). The zero-order valence-electron chi connectivity index (χ0n) is 19.7. The number of carbonyl (C=O) groups excluding carboxylic acids is 2. The van der Waals surface area contributed by atoms with E-state index in [9.17, 15) is 18.0 Å². The van der Waals surface area contributed by atoms with Crippen LogP contribution in [0.3, 0.4) is 0 Å². The first-order chi connectivity index (χ1) is 15.5. The Hall–Kier alpha value is -2.66. The van der Waals surface area contributed by atoms with Gasteiger partial charge in [-0.3, -0.25) is 9.69 Å². The molecule has 0 spiro atoms. The van der Waals surface area contributed by atoms with Gasteiger partial charge < -0.3 is 19.9 Å². The van der Waals surface area contributed by atoms with Crippen LogP contribution in [-0.2, 0) is 19.6 Å². The number of benzene rings is 1. The maximum atomic E-state index is 12.3. The molecule has 33 heavy (non-hydrogen) atoms. The van der Waals surface area contributed by atoms with Crippen molar-refractivity contribution in [1.82, 2.24) is 20.0 Å². The Morgan fingerprint density at radius 1 is 1.15 bits per heavy atom. The number of amidine groups is 1. The monoisotopic (exact) mass is 479 g/mol. The quantitative estimate of drug-likeness (QED) is 0.609. The van der Waals surface area contributed by atoms with Gasteiger partial charge in [0.25, 0.3) is 10.0 Å². The molecule has 2 aliphatic heterocycles. The molecule has 0 atom stereocenters. The number of amides is 2. The number of nitrogens with one attached hydrogen (secondary N) is 1. The average molecular weight is 480 g/mol. The Balaban J connectivity index is 1.36. The van der Waals surface area contributed by atoms with Crippen LogP contribution in [0.2, 0.25) is 0 Å². The SMILES string of the molecule is CN(CC(=O)NCCCN1CCN(C(=O)OC(C)(C)C)CC1)C1=NS(=O)(=O)c2ccccc21. The van der Waals surface area contributed by atoms with Gasteiger partial charge in [0, 0.05) is 45.3 Å². The maximum absolute atomic E-state index is 12.3. The van der Waals surface area contributed by atoms with E-state index in [1.165, 1.54) is 6.07 Å². The summed E-state index contributed by atoms with van der Waals surface area (Å²) in [6, 6.07) is 6.60. The van der Waals surface area contributed by atoms with Gasteiger partial charge in [0.1, 0.15) is 10.5 Å². The first kappa shape index (κ1) is 25.0. The van der Waals surface area contributed by atoms with Crippen LogP contribution in [0, 0.1) is 0 Å². The topological polar surface area (TPSA) is 112 Å². The lowest BCUT2D eigenvalue weighted by Gasteiger charge is -2.35. The van der Waals surface area contributed by atoms with Crippen LogP contribution in [-0.4, -0.2) is 99.4 Å². The minimum absolute atomic E-state index is 0.0112. The van der Waals surface area contributed by atoms with Gasteiger partial charge in [-0.1, -0.05) is 12.1 Å². The van der Waals surface area contributed by atoms with Crippen molar-refractivity contribution in [1.29, 1.82) is 0 Å². The fourth-order valence-electron chi connectivity index (χ4n) is 3.72.